The van der Waals surface area contributed by atoms with Crippen LogP contribution in [0.4, 0.5) is 13.8 Å². The van der Waals surface area contributed by atoms with Crippen molar-refractivity contribution >= 4 is 16.5 Å². The zero-order valence-corrected chi connectivity index (χ0v) is 11.1. The molecule has 0 saturated carbocycles. The Bertz CT molecular complexity index is 548. The molecular weight excluding hydrogens is 272 g/mol. The molecule has 0 aliphatic rings. The third kappa shape index (κ3) is 3.37. The zero-order chi connectivity index (χ0) is 13.7. The minimum absolute atomic E-state index is 0.0446. The van der Waals surface area contributed by atoms with Crippen LogP contribution in [-0.4, -0.2) is 16.1 Å². The van der Waals surface area contributed by atoms with Crippen LogP contribution in [0.25, 0.3) is 0 Å². The first kappa shape index (κ1) is 13.7. The summed E-state index contributed by atoms with van der Waals surface area (Å²) in [5, 5.41) is 7.84. The van der Waals surface area contributed by atoms with E-state index in [1.807, 2.05) is 6.92 Å². The van der Waals surface area contributed by atoms with Crippen molar-refractivity contribution in [3.05, 3.63) is 35.5 Å². The van der Waals surface area contributed by atoms with Crippen molar-refractivity contribution in [1.29, 1.82) is 0 Å². The topological polar surface area (TPSA) is 47.0 Å². The Morgan fingerprint density at radius 2 is 2.21 bits per heavy atom. The largest absolute Gasteiger partial charge is 0.484 e. The van der Waals surface area contributed by atoms with Gasteiger partial charge < -0.3 is 10.1 Å². The van der Waals surface area contributed by atoms with Crippen LogP contribution in [0.3, 0.4) is 0 Å². The fourth-order valence-electron chi connectivity index (χ4n) is 1.42. The predicted octanol–water partition coefficient (Wildman–Crippen LogP) is 3.22. The average Bonchev–Trinajstić information content (AvgIpc) is 2.85. The summed E-state index contributed by atoms with van der Waals surface area (Å²) in [4.78, 5) is 0. The van der Waals surface area contributed by atoms with Crippen molar-refractivity contribution in [3.8, 4) is 5.75 Å². The van der Waals surface area contributed by atoms with E-state index in [2.05, 4.69) is 14.9 Å². The first-order valence-electron chi connectivity index (χ1n) is 5.84. The average molecular weight is 285 g/mol. The molecule has 0 saturated heterocycles. The summed E-state index contributed by atoms with van der Waals surface area (Å²) in [6.45, 7) is 2.88. The van der Waals surface area contributed by atoms with Gasteiger partial charge in [-0.15, -0.1) is 5.10 Å². The summed E-state index contributed by atoms with van der Waals surface area (Å²) in [6.07, 6.45) is 0.969. The highest BCUT2D eigenvalue weighted by Gasteiger charge is 2.12. The van der Waals surface area contributed by atoms with Crippen molar-refractivity contribution in [2.45, 2.75) is 20.0 Å². The lowest BCUT2D eigenvalue weighted by atomic mass is 10.3. The monoisotopic (exact) mass is 285 g/mol. The number of hydrogen-bond donors (Lipinski definition) is 1. The Morgan fingerprint density at radius 1 is 1.37 bits per heavy atom. The summed E-state index contributed by atoms with van der Waals surface area (Å²) >= 11 is 1.21. The third-order valence-corrected chi connectivity index (χ3v) is 3.10. The molecular formula is C12H13F2N3OS. The molecule has 0 aliphatic heterocycles. The second kappa shape index (κ2) is 6.42. The number of halogens is 2. The van der Waals surface area contributed by atoms with Crippen LogP contribution in [0.2, 0.25) is 0 Å². The summed E-state index contributed by atoms with van der Waals surface area (Å²) < 4.78 is 35.4. The van der Waals surface area contributed by atoms with Gasteiger partial charge in [-0.1, -0.05) is 17.5 Å². The highest BCUT2D eigenvalue weighted by atomic mass is 32.1. The Hall–Kier alpha value is -1.76. The Morgan fingerprint density at radius 3 is 3.00 bits per heavy atom. The van der Waals surface area contributed by atoms with E-state index in [9.17, 15) is 8.78 Å². The van der Waals surface area contributed by atoms with Gasteiger partial charge >= 0.3 is 0 Å². The van der Waals surface area contributed by atoms with Crippen molar-refractivity contribution in [2.24, 2.45) is 0 Å². The molecule has 0 amide bonds. The molecule has 0 unspecified atom stereocenters. The number of nitrogens with zero attached hydrogens (tertiary/aromatic N) is 2. The minimum Gasteiger partial charge on any atom is -0.484 e. The van der Waals surface area contributed by atoms with Gasteiger partial charge in [0.15, 0.2) is 11.6 Å². The standard InChI is InChI=1S/C12H13F2N3OS/c1-2-6-15-12-9(16-17-19-12)7-18-10-5-3-4-8(13)11(10)14/h3-5,15H,2,6-7H2,1H3. The van der Waals surface area contributed by atoms with Crippen LogP contribution in [0.1, 0.15) is 19.0 Å². The molecule has 0 radical (unpaired) electrons. The van der Waals surface area contributed by atoms with Gasteiger partial charge in [0.1, 0.15) is 17.3 Å². The molecule has 0 atom stereocenters. The van der Waals surface area contributed by atoms with Gasteiger partial charge in [0.05, 0.1) is 0 Å². The second-order valence-corrected chi connectivity index (χ2v) is 4.57. The molecule has 4 nitrogen and oxygen atoms in total. The van der Waals surface area contributed by atoms with Gasteiger partial charge in [0.25, 0.3) is 0 Å². The Kier molecular flexibility index (Phi) is 4.62. The van der Waals surface area contributed by atoms with Crippen LogP contribution in [0, 0.1) is 11.6 Å². The van der Waals surface area contributed by atoms with E-state index in [1.54, 1.807) is 0 Å². The highest BCUT2D eigenvalue weighted by Crippen LogP contribution is 2.23. The Labute approximate surface area is 113 Å². The van der Waals surface area contributed by atoms with Crippen molar-refractivity contribution < 1.29 is 13.5 Å². The summed E-state index contributed by atoms with van der Waals surface area (Å²) in [7, 11) is 0. The van der Waals surface area contributed by atoms with E-state index >= 15 is 0 Å². The molecule has 102 valence electrons. The number of hydrogen-bond acceptors (Lipinski definition) is 5. The number of nitrogens with one attached hydrogen (secondary N) is 1. The predicted molar refractivity (Wildman–Crippen MR) is 69.4 cm³/mol. The van der Waals surface area contributed by atoms with Crippen LogP contribution in [-0.2, 0) is 6.61 Å². The maximum atomic E-state index is 13.4. The molecule has 0 bridgehead atoms. The van der Waals surface area contributed by atoms with E-state index in [0.717, 1.165) is 24.0 Å². The first-order valence-corrected chi connectivity index (χ1v) is 6.61. The van der Waals surface area contributed by atoms with Gasteiger partial charge in [-0.2, -0.15) is 4.39 Å². The van der Waals surface area contributed by atoms with Gasteiger partial charge in [-0.05, 0) is 18.6 Å². The molecule has 2 rings (SSSR count). The zero-order valence-electron chi connectivity index (χ0n) is 10.3. The second-order valence-electron chi connectivity index (χ2n) is 3.82. The lowest BCUT2D eigenvalue weighted by Crippen LogP contribution is -2.04. The van der Waals surface area contributed by atoms with E-state index in [4.69, 9.17) is 4.74 Å². The Balaban J connectivity index is 2.02. The molecule has 1 N–H and O–H groups in total. The molecule has 2 aromatic rings. The molecule has 0 aliphatic carbocycles. The van der Waals surface area contributed by atoms with Crippen LogP contribution in [0.15, 0.2) is 18.2 Å². The highest BCUT2D eigenvalue weighted by molar-refractivity contribution is 7.10. The molecule has 1 heterocycles. The van der Waals surface area contributed by atoms with E-state index in [1.165, 1.54) is 23.7 Å². The minimum atomic E-state index is -0.992. The van der Waals surface area contributed by atoms with E-state index in [-0.39, 0.29) is 12.4 Å². The number of aromatic nitrogens is 2. The number of ether oxygens (including phenoxy) is 1. The molecule has 19 heavy (non-hydrogen) atoms. The van der Waals surface area contributed by atoms with Gasteiger partial charge in [-0.25, -0.2) is 4.39 Å². The maximum Gasteiger partial charge on any atom is 0.200 e. The van der Waals surface area contributed by atoms with Crippen LogP contribution >= 0.6 is 11.5 Å². The number of benzene rings is 1. The maximum absolute atomic E-state index is 13.4. The smallest absolute Gasteiger partial charge is 0.200 e. The quantitative estimate of drug-likeness (QED) is 0.885. The van der Waals surface area contributed by atoms with Crippen molar-refractivity contribution in [2.75, 3.05) is 11.9 Å². The lowest BCUT2D eigenvalue weighted by molar-refractivity contribution is 0.281. The van der Waals surface area contributed by atoms with Gasteiger partial charge in [-0.3, -0.25) is 0 Å². The first-order chi connectivity index (χ1) is 9.22. The molecule has 1 aromatic carbocycles. The van der Waals surface area contributed by atoms with Crippen LogP contribution in [0.5, 0.6) is 5.75 Å². The summed E-state index contributed by atoms with van der Waals surface area (Å²) in [6, 6.07) is 3.81. The summed E-state index contributed by atoms with van der Waals surface area (Å²) in [5.74, 6) is -2.05. The SMILES string of the molecule is CCCNc1snnc1COc1cccc(F)c1F. The number of rotatable bonds is 6. The number of anilines is 1. The lowest BCUT2D eigenvalue weighted by Gasteiger charge is -2.07. The fraction of sp³-hybridized carbons (Fsp3) is 0.333. The molecule has 0 spiro atoms. The third-order valence-electron chi connectivity index (χ3n) is 2.37. The normalized spacial score (nSPS) is 10.5. The van der Waals surface area contributed by atoms with Crippen molar-refractivity contribution in [3.63, 3.8) is 0 Å². The fourth-order valence-corrected chi connectivity index (χ4v) is 2.01. The van der Waals surface area contributed by atoms with E-state index < -0.39 is 11.6 Å². The molecule has 1 aromatic heterocycles. The van der Waals surface area contributed by atoms with Gasteiger partial charge in [0, 0.05) is 18.1 Å². The summed E-state index contributed by atoms with van der Waals surface area (Å²) in [5.41, 5.74) is 0.585. The molecule has 0 fully saturated rings. The molecule has 7 heteroatoms. The van der Waals surface area contributed by atoms with Gasteiger partial charge in [0.2, 0.25) is 5.82 Å². The van der Waals surface area contributed by atoms with Crippen molar-refractivity contribution in [1.82, 2.24) is 9.59 Å². The van der Waals surface area contributed by atoms with Crippen LogP contribution < -0.4 is 10.1 Å². The van der Waals surface area contributed by atoms with E-state index in [0.29, 0.717) is 5.69 Å².